The molecule has 17 heavy (non-hydrogen) atoms. The van der Waals surface area contributed by atoms with Crippen molar-refractivity contribution in [1.29, 1.82) is 0 Å². The molecule has 2 nitrogen and oxygen atoms in total. The number of piperazine rings is 1. The van der Waals surface area contributed by atoms with E-state index >= 15 is 0 Å². The van der Waals surface area contributed by atoms with Gasteiger partial charge in [0.05, 0.1) is 6.04 Å². The van der Waals surface area contributed by atoms with Gasteiger partial charge in [-0.15, -0.1) is 0 Å². The summed E-state index contributed by atoms with van der Waals surface area (Å²) in [5, 5.41) is 3.52. The fourth-order valence-corrected chi connectivity index (χ4v) is 2.39. The van der Waals surface area contributed by atoms with Crippen LogP contribution in [0.5, 0.6) is 0 Å². The number of benzene rings is 1. The van der Waals surface area contributed by atoms with Crippen LogP contribution in [0, 0.1) is 5.82 Å². The van der Waals surface area contributed by atoms with Crippen LogP contribution in [0.4, 0.5) is 8.78 Å². The smallest absolute Gasteiger partial charge is 0.125 e. The van der Waals surface area contributed by atoms with Crippen molar-refractivity contribution in [3.05, 3.63) is 34.6 Å². The Morgan fingerprint density at radius 3 is 2.59 bits per heavy atom. The van der Waals surface area contributed by atoms with Crippen LogP contribution in [-0.4, -0.2) is 37.8 Å². The van der Waals surface area contributed by atoms with Gasteiger partial charge in [0.15, 0.2) is 0 Å². The van der Waals surface area contributed by atoms with Crippen LogP contribution < -0.4 is 5.32 Å². The third-order valence-electron chi connectivity index (χ3n) is 3.01. The molecule has 1 N–H and O–H groups in total. The zero-order chi connectivity index (χ0) is 12.3. The molecule has 2 rings (SSSR count). The maximum absolute atomic E-state index is 13.3. The Morgan fingerprint density at radius 1 is 1.29 bits per heavy atom. The first-order chi connectivity index (χ1) is 8.20. The summed E-state index contributed by atoms with van der Waals surface area (Å²) in [5.41, 5.74) is 0.611. The largest absolute Gasteiger partial charge is 0.314 e. The molecule has 0 bridgehead atoms. The van der Waals surface area contributed by atoms with E-state index < -0.39 is 18.5 Å². The molecule has 1 aliphatic heterocycles. The summed E-state index contributed by atoms with van der Waals surface area (Å²) in [5.74, 6) is -0.416. The zero-order valence-corrected chi connectivity index (χ0v) is 10.2. The van der Waals surface area contributed by atoms with Gasteiger partial charge in [-0.1, -0.05) is 11.6 Å². The van der Waals surface area contributed by atoms with Gasteiger partial charge in [-0.2, -0.15) is 0 Å². The molecule has 0 saturated carbocycles. The van der Waals surface area contributed by atoms with Crippen LogP contribution in [0.1, 0.15) is 11.6 Å². The topological polar surface area (TPSA) is 15.3 Å². The lowest BCUT2D eigenvalue weighted by molar-refractivity contribution is 0.147. The number of hydrogen-bond acceptors (Lipinski definition) is 2. The van der Waals surface area contributed by atoms with Crippen molar-refractivity contribution >= 4 is 11.6 Å². The van der Waals surface area contributed by atoms with E-state index in [4.69, 9.17) is 11.6 Å². The lowest BCUT2D eigenvalue weighted by Gasteiger charge is -2.33. The Bertz CT molecular complexity index is 361. The average molecular weight is 261 g/mol. The van der Waals surface area contributed by atoms with Crippen molar-refractivity contribution in [1.82, 2.24) is 10.2 Å². The molecule has 0 unspecified atom stereocenters. The summed E-state index contributed by atoms with van der Waals surface area (Å²) in [6, 6.07) is 3.83. The van der Waals surface area contributed by atoms with E-state index in [1.807, 2.05) is 4.90 Å². The molecule has 94 valence electrons. The zero-order valence-electron chi connectivity index (χ0n) is 9.43. The van der Waals surface area contributed by atoms with Gasteiger partial charge in [0.25, 0.3) is 0 Å². The molecule has 0 radical (unpaired) electrons. The monoisotopic (exact) mass is 260 g/mol. The number of halogens is 3. The summed E-state index contributed by atoms with van der Waals surface area (Å²) in [7, 11) is 0. The maximum atomic E-state index is 13.3. The van der Waals surface area contributed by atoms with E-state index in [1.54, 1.807) is 6.07 Å². The summed E-state index contributed by atoms with van der Waals surface area (Å²) in [6.45, 7) is 2.67. The van der Waals surface area contributed by atoms with Crippen LogP contribution >= 0.6 is 11.6 Å². The van der Waals surface area contributed by atoms with E-state index in [-0.39, 0.29) is 0 Å². The van der Waals surface area contributed by atoms with Gasteiger partial charge in [-0.3, -0.25) is 4.90 Å². The highest BCUT2D eigenvalue weighted by molar-refractivity contribution is 6.30. The van der Waals surface area contributed by atoms with Gasteiger partial charge in [-0.05, 0) is 23.8 Å². The van der Waals surface area contributed by atoms with E-state index in [2.05, 4.69) is 5.32 Å². The Morgan fingerprint density at radius 2 is 2.00 bits per heavy atom. The van der Waals surface area contributed by atoms with Gasteiger partial charge < -0.3 is 5.32 Å². The van der Waals surface area contributed by atoms with Crippen LogP contribution in [-0.2, 0) is 0 Å². The molecule has 5 heteroatoms. The van der Waals surface area contributed by atoms with E-state index in [0.29, 0.717) is 10.6 Å². The van der Waals surface area contributed by atoms with Crippen molar-refractivity contribution in [3.63, 3.8) is 0 Å². The normalized spacial score (nSPS) is 19.2. The standard InChI is InChI=1S/C12H15ClF2N2/c13-10-5-9(6-11(15)7-10)12(8-14)17-3-1-16-2-4-17/h5-7,12,16H,1-4,8H2/t12-/m0/s1. The van der Waals surface area contributed by atoms with E-state index in [0.717, 1.165) is 26.2 Å². The Hall–Kier alpha value is -0.710. The number of hydrogen-bond donors (Lipinski definition) is 1. The van der Waals surface area contributed by atoms with Crippen molar-refractivity contribution in [3.8, 4) is 0 Å². The summed E-state index contributed by atoms with van der Waals surface area (Å²) in [6.07, 6.45) is 0. The van der Waals surface area contributed by atoms with Gasteiger partial charge in [-0.25, -0.2) is 8.78 Å². The van der Waals surface area contributed by atoms with E-state index in [1.165, 1.54) is 12.1 Å². The molecule has 1 fully saturated rings. The lowest BCUT2D eigenvalue weighted by Crippen LogP contribution is -2.45. The highest BCUT2D eigenvalue weighted by Crippen LogP contribution is 2.25. The Balaban J connectivity index is 2.21. The number of nitrogens with one attached hydrogen (secondary N) is 1. The minimum atomic E-state index is -0.528. The quantitative estimate of drug-likeness (QED) is 0.898. The van der Waals surface area contributed by atoms with Gasteiger partial charge in [0, 0.05) is 31.2 Å². The molecule has 1 aliphatic rings. The fourth-order valence-electron chi connectivity index (χ4n) is 2.16. The summed E-state index contributed by atoms with van der Waals surface area (Å²) >= 11 is 5.80. The maximum Gasteiger partial charge on any atom is 0.125 e. The SMILES string of the molecule is FC[C@@H](c1cc(F)cc(Cl)c1)N1CCNCC1. The average Bonchev–Trinajstić information content (AvgIpc) is 2.30. The molecular weight excluding hydrogens is 246 g/mol. The predicted molar refractivity (Wildman–Crippen MR) is 64.6 cm³/mol. The minimum Gasteiger partial charge on any atom is -0.314 e. The molecule has 0 aromatic heterocycles. The van der Waals surface area contributed by atoms with Gasteiger partial charge in [0.2, 0.25) is 0 Å². The third kappa shape index (κ3) is 3.15. The van der Waals surface area contributed by atoms with Crippen molar-refractivity contribution in [2.75, 3.05) is 32.9 Å². The van der Waals surface area contributed by atoms with Crippen molar-refractivity contribution in [2.24, 2.45) is 0 Å². The third-order valence-corrected chi connectivity index (χ3v) is 3.23. The summed E-state index contributed by atoms with van der Waals surface area (Å²) < 4.78 is 26.4. The Kier molecular flexibility index (Phi) is 4.31. The van der Waals surface area contributed by atoms with E-state index in [9.17, 15) is 8.78 Å². The molecule has 0 amide bonds. The van der Waals surface area contributed by atoms with Crippen LogP contribution in [0.15, 0.2) is 18.2 Å². The molecule has 1 aromatic carbocycles. The Labute approximate surface area is 105 Å². The summed E-state index contributed by atoms with van der Waals surface area (Å²) in [4.78, 5) is 2.02. The first kappa shape index (κ1) is 12.7. The first-order valence-corrected chi connectivity index (χ1v) is 6.05. The van der Waals surface area contributed by atoms with Crippen molar-refractivity contribution < 1.29 is 8.78 Å². The molecule has 0 aliphatic carbocycles. The first-order valence-electron chi connectivity index (χ1n) is 5.67. The second-order valence-corrected chi connectivity index (χ2v) is 4.60. The van der Waals surface area contributed by atoms with Gasteiger partial charge >= 0.3 is 0 Å². The predicted octanol–water partition coefficient (Wildman–Crippen LogP) is 2.39. The molecule has 1 atom stereocenters. The number of alkyl halides is 1. The number of nitrogens with zero attached hydrogens (tertiary/aromatic N) is 1. The number of rotatable bonds is 3. The molecule has 1 heterocycles. The molecular formula is C12H15ClF2N2. The van der Waals surface area contributed by atoms with Gasteiger partial charge in [0.1, 0.15) is 12.5 Å². The minimum absolute atomic E-state index is 0.314. The molecule has 1 aromatic rings. The highest BCUT2D eigenvalue weighted by Gasteiger charge is 2.22. The molecule has 0 spiro atoms. The molecule has 1 saturated heterocycles. The van der Waals surface area contributed by atoms with Crippen LogP contribution in [0.25, 0.3) is 0 Å². The second kappa shape index (κ2) is 5.76. The lowest BCUT2D eigenvalue weighted by atomic mass is 10.1. The van der Waals surface area contributed by atoms with Crippen LogP contribution in [0.2, 0.25) is 5.02 Å². The fraction of sp³-hybridized carbons (Fsp3) is 0.500. The highest BCUT2D eigenvalue weighted by atomic mass is 35.5. The van der Waals surface area contributed by atoms with Crippen molar-refractivity contribution in [2.45, 2.75) is 6.04 Å². The second-order valence-electron chi connectivity index (χ2n) is 4.16. The van der Waals surface area contributed by atoms with Crippen LogP contribution in [0.3, 0.4) is 0 Å².